The Morgan fingerprint density at radius 1 is 0.656 bits per heavy atom. The molecule has 0 saturated carbocycles. The second-order valence-electron chi connectivity index (χ2n) is 7.62. The molecule has 0 aliphatic rings. The number of non-ortho nitro benzene ring substituents is 1. The molecule has 0 aliphatic heterocycles. The number of hydrogen-bond donors (Lipinski definition) is 0. The third-order valence-electron chi connectivity index (χ3n) is 3.79. The number of benzene rings is 1. The zero-order valence-electron chi connectivity index (χ0n) is 19.4. The van der Waals surface area contributed by atoms with Crippen molar-refractivity contribution in [3.8, 4) is 5.75 Å². The van der Waals surface area contributed by atoms with Crippen LogP contribution < -0.4 is 4.74 Å². The minimum Gasteiger partial charge on any atom is -0.491 e. The predicted octanol–water partition coefficient (Wildman–Crippen LogP) is 2.91. The molecule has 0 aliphatic carbocycles. The summed E-state index contributed by atoms with van der Waals surface area (Å²) in [5, 5.41) is 10.6. The Morgan fingerprint density at radius 2 is 1.03 bits per heavy atom. The minimum atomic E-state index is -1.45. The maximum Gasteiger partial charge on any atom is 0.269 e. The summed E-state index contributed by atoms with van der Waals surface area (Å²) < 4.78 is 38.2. The van der Waals surface area contributed by atoms with Gasteiger partial charge in [0.2, 0.25) is 0 Å². The van der Waals surface area contributed by atoms with E-state index >= 15 is 0 Å². The van der Waals surface area contributed by atoms with E-state index in [4.69, 9.17) is 32.8 Å². The second kappa shape index (κ2) is 17.9. The monoisotopic (exact) mass is 475 g/mol. The van der Waals surface area contributed by atoms with Gasteiger partial charge in [0.1, 0.15) is 12.4 Å². The lowest BCUT2D eigenvalue weighted by molar-refractivity contribution is -0.384. The van der Waals surface area contributed by atoms with Crippen molar-refractivity contribution in [1.29, 1.82) is 0 Å². The molecule has 10 nitrogen and oxygen atoms in total. The van der Waals surface area contributed by atoms with Crippen LogP contribution in [0.2, 0.25) is 19.6 Å². The first-order valence-corrected chi connectivity index (χ1v) is 14.2. The Kier molecular flexibility index (Phi) is 15.9. The Labute approximate surface area is 191 Å². The van der Waals surface area contributed by atoms with Gasteiger partial charge >= 0.3 is 0 Å². The summed E-state index contributed by atoms with van der Waals surface area (Å²) in [6, 6.07) is 5.93. The second-order valence-corrected chi connectivity index (χ2v) is 12.1. The summed E-state index contributed by atoms with van der Waals surface area (Å²) >= 11 is 0. The molecule has 0 bridgehead atoms. The molecule has 0 heterocycles. The van der Waals surface area contributed by atoms with Crippen LogP contribution in [0, 0.1) is 10.1 Å². The van der Waals surface area contributed by atoms with Gasteiger partial charge in [-0.1, -0.05) is 0 Å². The van der Waals surface area contributed by atoms with Crippen molar-refractivity contribution < 1.29 is 37.8 Å². The molecule has 0 aromatic heterocycles. The molecule has 32 heavy (non-hydrogen) atoms. The molecule has 0 atom stereocenters. The molecule has 1 aromatic carbocycles. The van der Waals surface area contributed by atoms with Crippen molar-refractivity contribution >= 4 is 14.0 Å². The fourth-order valence-electron chi connectivity index (χ4n) is 2.27. The number of hydrogen-bond acceptors (Lipinski definition) is 9. The molecule has 0 amide bonds. The lowest BCUT2D eigenvalue weighted by atomic mass is 10.3. The molecule has 184 valence electrons. The van der Waals surface area contributed by atoms with Crippen molar-refractivity contribution in [3.05, 3.63) is 34.4 Å². The van der Waals surface area contributed by atoms with E-state index in [0.29, 0.717) is 85.0 Å². The van der Waals surface area contributed by atoms with E-state index in [1.807, 2.05) is 0 Å². The van der Waals surface area contributed by atoms with Gasteiger partial charge in [0.05, 0.1) is 77.6 Å². The lowest BCUT2D eigenvalue weighted by Crippen LogP contribution is -2.27. The van der Waals surface area contributed by atoms with Crippen LogP contribution in [0.1, 0.15) is 0 Å². The van der Waals surface area contributed by atoms with Crippen LogP contribution in [0.25, 0.3) is 0 Å². The fourth-order valence-corrected chi connectivity index (χ4v) is 2.97. The third kappa shape index (κ3) is 17.0. The van der Waals surface area contributed by atoms with Crippen LogP contribution in [-0.4, -0.2) is 92.5 Å². The molecule has 0 spiro atoms. The SMILES string of the molecule is C[Si](C)(C)OCCOCCOCCOCCOCCOCCOc1ccc([N+](=O)[O-])cc1. The predicted molar refractivity (Wildman–Crippen MR) is 122 cm³/mol. The van der Waals surface area contributed by atoms with Gasteiger partial charge in [-0.15, -0.1) is 0 Å². The molecule has 0 saturated heterocycles. The van der Waals surface area contributed by atoms with Gasteiger partial charge in [-0.2, -0.15) is 0 Å². The quantitative estimate of drug-likeness (QED) is 0.115. The summed E-state index contributed by atoms with van der Waals surface area (Å²) in [6.07, 6.45) is 0. The van der Waals surface area contributed by atoms with Crippen molar-refractivity contribution in [1.82, 2.24) is 0 Å². The number of nitrogens with zero attached hydrogens (tertiary/aromatic N) is 1. The van der Waals surface area contributed by atoms with E-state index in [1.54, 1.807) is 12.1 Å². The zero-order valence-corrected chi connectivity index (χ0v) is 20.4. The highest BCUT2D eigenvalue weighted by molar-refractivity contribution is 6.69. The summed E-state index contributed by atoms with van der Waals surface area (Å²) in [7, 11) is -1.45. The average Bonchev–Trinajstić information content (AvgIpc) is 2.75. The smallest absolute Gasteiger partial charge is 0.269 e. The van der Waals surface area contributed by atoms with Crippen LogP contribution in [0.5, 0.6) is 5.75 Å². The Bertz CT molecular complexity index is 596. The lowest BCUT2D eigenvalue weighted by Gasteiger charge is -2.16. The van der Waals surface area contributed by atoms with Crippen molar-refractivity contribution in [2.45, 2.75) is 19.6 Å². The summed E-state index contributed by atoms with van der Waals surface area (Å²) in [5.41, 5.74) is 0.0336. The van der Waals surface area contributed by atoms with Crippen LogP contribution >= 0.6 is 0 Å². The van der Waals surface area contributed by atoms with Crippen LogP contribution in [0.3, 0.4) is 0 Å². The molecule has 1 aromatic rings. The number of nitro groups is 1. The van der Waals surface area contributed by atoms with Crippen molar-refractivity contribution in [3.63, 3.8) is 0 Å². The van der Waals surface area contributed by atoms with E-state index in [-0.39, 0.29) is 5.69 Å². The summed E-state index contributed by atoms with van der Waals surface area (Å²) in [4.78, 5) is 10.1. The standard InChI is InChI=1S/C21H37NO9Si/c1-32(2,3)31-19-17-29-15-13-27-11-9-25-8-10-26-12-14-28-16-18-30-21-6-4-20(5-7-21)22(23)24/h4-7H,8-19H2,1-3H3. The molecule has 0 fully saturated rings. The Balaban J connectivity index is 1.76. The highest BCUT2D eigenvalue weighted by atomic mass is 28.4. The van der Waals surface area contributed by atoms with Crippen molar-refractivity contribution in [2.24, 2.45) is 0 Å². The molecular formula is C21H37NO9Si. The first kappa shape index (κ1) is 28.4. The normalized spacial score (nSPS) is 11.6. The van der Waals surface area contributed by atoms with Gasteiger partial charge in [0.25, 0.3) is 5.69 Å². The van der Waals surface area contributed by atoms with Crippen molar-refractivity contribution in [2.75, 3.05) is 79.3 Å². The molecular weight excluding hydrogens is 438 g/mol. The number of nitro benzene ring substituents is 1. The van der Waals surface area contributed by atoms with E-state index in [1.165, 1.54) is 12.1 Å². The Hall–Kier alpha value is -1.60. The van der Waals surface area contributed by atoms with E-state index in [9.17, 15) is 10.1 Å². The van der Waals surface area contributed by atoms with Crippen LogP contribution in [0.4, 0.5) is 5.69 Å². The minimum absolute atomic E-state index is 0.0336. The fraction of sp³-hybridized carbons (Fsp3) is 0.714. The van der Waals surface area contributed by atoms with Gasteiger partial charge in [0.15, 0.2) is 8.32 Å². The average molecular weight is 476 g/mol. The molecule has 11 heteroatoms. The molecule has 0 N–H and O–H groups in total. The molecule has 0 unspecified atom stereocenters. The van der Waals surface area contributed by atoms with Gasteiger partial charge in [-0.05, 0) is 31.8 Å². The largest absolute Gasteiger partial charge is 0.491 e. The summed E-state index contributed by atoms with van der Waals surface area (Å²) in [5.74, 6) is 0.566. The topological polar surface area (TPSA) is 108 Å². The number of ether oxygens (including phenoxy) is 6. The molecule has 1 rings (SSSR count). The maximum atomic E-state index is 10.6. The first-order chi connectivity index (χ1) is 15.4. The van der Waals surface area contributed by atoms with Gasteiger partial charge in [-0.3, -0.25) is 10.1 Å². The van der Waals surface area contributed by atoms with Gasteiger partial charge < -0.3 is 32.8 Å². The van der Waals surface area contributed by atoms with E-state index < -0.39 is 13.2 Å². The highest BCUT2D eigenvalue weighted by Gasteiger charge is 2.13. The van der Waals surface area contributed by atoms with Crippen LogP contribution in [-0.2, 0) is 28.1 Å². The zero-order chi connectivity index (χ0) is 23.5. The first-order valence-electron chi connectivity index (χ1n) is 10.8. The number of rotatable bonds is 21. The summed E-state index contributed by atoms with van der Waals surface area (Å²) in [6.45, 7) is 12.5. The van der Waals surface area contributed by atoms with E-state index in [2.05, 4.69) is 19.6 Å². The van der Waals surface area contributed by atoms with Gasteiger partial charge in [-0.25, -0.2) is 0 Å². The van der Waals surface area contributed by atoms with E-state index in [0.717, 1.165) is 0 Å². The Morgan fingerprint density at radius 3 is 1.41 bits per heavy atom. The highest BCUT2D eigenvalue weighted by Crippen LogP contribution is 2.17. The molecule has 0 radical (unpaired) electrons. The third-order valence-corrected chi connectivity index (χ3v) is 4.86. The maximum absolute atomic E-state index is 10.6. The van der Waals surface area contributed by atoms with Crippen LogP contribution in [0.15, 0.2) is 24.3 Å². The van der Waals surface area contributed by atoms with Gasteiger partial charge in [0, 0.05) is 12.1 Å².